The maximum atomic E-state index is 12.7. The summed E-state index contributed by atoms with van der Waals surface area (Å²) in [6.45, 7) is 3.10. The second kappa shape index (κ2) is 8.55. The highest BCUT2D eigenvalue weighted by molar-refractivity contribution is 7.89. The standard InChI is InChI=1S/C15H20F3N3O3S.ClH/c1-10-11(2)21(8-7-19-10)25(23,24)13-5-3-12(4-6-13)14(22)20-9-15(16,17)18;/h3-6,10-11,19H,7-9H2,1-2H3,(H,20,22);1H. The number of benzene rings is 1. The molecule has 1 heterocycles. The summed E-state index contributed by atoms with van der Waals surface area (Å²) >= 11 is 0. The number of nitrogens with one attached hydrogen (secondary N) is 2. The van der Waals surface area contributed by atoms with Crippen molar-refractivity contribution in [2.45, 2.75) is 37.0 Å². The summed E-state index contributed by atoms with van der Waals surface area (Å²) in [4.78, 5) is 11.7. The lowest BCUT2D eigenvalue weighted by atomic mass is 10.1. The number of sulfonamides is 1. The lowest BCUT2D eigenvalue weighted by molar-refractivity contribution is -0.123. The molecule has 1 amide bonds. The molecule has 1 saturated heterocycles. The molecule has 0 spiro atoms. The van der Waals surface area contributed by atoms with E-state index in [2.05, 4.69) is 5.32 Å². The second-order valence-electron chi connectivity index (χ2n) is 5.92. The molecule has 2 unspecified atom stereocenters. The number of carbonyl (C=O) groups is 1. The van der Waals surface area contributed by atoms with Crippen LogP contribution in [0.3, 0.4) is 0 Å². The first-order valence-electron chi connectivity index (χ1n) is 7.72. The summed E-state index contributed by atoms with van der Waals surface area (Å²) in [5.74, 6) is -0.912. The fraction of sp³-hybridized carbons (Fsp3) is 0.533. The third-order valence-corrected chi connectivity index (χ3v) is 6.15. The molecule has 6 nitrogen and oxygen atoms in total. The second-order valence-corrected chi connectivity index (χ2v) is 7.81. The number of alkyl halides is 3. The Bertz CT molecular complexity index is 726. The van der Waals surface area contributed by atoms with Gasteiger partial charge in [0.15, 0.2) is 0 Å². The van der Waals surface area contributed by atoms with Gasteiger partial charge in [-0.15, -0.1) is 12.4 Å². The van der Waals surface area contributed by atoms with Crippen molar-refractivity contribution in [3.8, 4) is 0 Å². The Morgan fingerprint density at radius 3 is 2.38 bits per heavy atom. The number of piperazine rings is 1. The van der Waals surface area contributed by atoms with Crippen LogP contribution >= 0.6 is 12.4 Å². The molecular formula is C15H21ClF3N3O3S. The van der Waals surface area contributed by atoms with Crippen molar-refractivity contribution in [2.24, 2.45) is 0 Å². The first-order valence-corrected chi connectivity index (χ1v) is 9.16. The Labute approximate surface area is 156 Å². The third kappa shape index (κ3) is 5.32. The van der Waals surface area contributed by atoms with Crippen LogP contribution in [0, 0.1) is 0 Å². The van der Waals surface area contributed by atoms with Crippen molar-refractivity contribution in [1.29, 1.82) is 0 Å². The molecule has 0 bridgehead atoms. The summed E-state index contributed by atoms with van der Waals surface area (Å²) in [5.41, 5.74) is -0.0371. The van der Waals surface area contributed by atoms with Gasteiger partial charge in [0.2, 0.25) is 10.0 Å². The van der Waals surface area contributed by atoms with Crippen LogP contribution in [0.2, 0.25) is 0 Å². The van der Waals surface area contributed by atoms with Gasteiger partial charge in [0.05, 0.1) is 4.90 Å². The molecule has 0 radical (unpaired) electrons. The van der Waals surface area contributed by atoms with E-state index in [9.17, 15) is 26.4 Å². The minimum atomic E-state index is -4.51. The van der Waals surface area contributed by atoms with E-state index in [0.717, 1.165) is 0 Å². The van der Waals surface area contributed by atoms with Crippen molar-refractivity contribution < 1.29 is 26.4 Å². The highest BCUT2D eigenvalue weighted by atomic mass is 35.5. The van der Waals surface area contributed by atoms with Crippen LogP contribution in [0.5, 0.6) is 0 Å². The van der Waals surface area contributed by atoms with Gasteiger partial charge in [-0.25, -0.2) is 8.42 Å². The maximum Gasteiger partial charge on any atom is 0.405 e. The predicted molar refractivity (Wildman–Crippen MR) is 92.9 cm³/mol. The Balaban J connectivity index is 0.00000338. The summed E-state index contributed by atoms with van der Waals surface area (Å²) in [5, 5.41) is 4.93. The van der Waals surface area contributed by atoms with Gasteiger partial charge < -0.3 is 10.6 Å². The Kier molecular flexibility index (Phi) is 7.46. The van der Waals surface area contributed by atoms with Crippen LogP contribution in [0.15, 0.2) is 29.2 Å². The van der Waals surface area contributed by atoms with E-state index in [1.165, 1.54) is 28.6 Å². The largest absolute Gasteiger partial charge is 0.405 e. The molecule has 1 aliphatic heterocycles. The van der Waals surface area contributed by atoms with Gasteiger partial charge in [0, 0.05) is 30.7 Å². The normalized spacial score (nSPS) is 21.7. The molecule has 0 aromatic heterocycles. The van der Waals surface area contributed by atoms with Crippen LogP contribution < -0.4 is 10.6 Å². The highest BCUT2D eigenvalue weighted by Gasteiger charge is 2.34. The molecule has 2 N–H and O–H groups in total. The average molecular weight is 416 g/mol. The number of hydrogen-bond donors (Lipinski definition) is 2. The Hall–Kier alpha value is -1.36. The minimum absolute atomic E-state index is 0. The molecular weight excluding hydrogens is 395 g/mol. The molecule has 11 heteroatoms. The Morgan fingerprint density at radius 2 is 1.85 bits per heavy atom. The van der Waals surface area contributed by atoms with Crippen molar-refractivity contribution in [3.63, 3.8) is 0 Å². The van der Waals surface area contributed by atoms with Gasteiger partial charge in [-0.3, -0.25) is 4.79 Å². The minimum Gasteiger partial charge on any atom is -0.343 e. The van der Waals surface area contributed by atoms with Crippen molar-refractivity contribution in [2.75, 3.05) is 19.6 Å². The molecule has 1 fully saturated rings. The van der Waals surface area contributed by atoms with E-state index in [0.29, 0.717) is 13.1 Å². The van der Waals surface area contributed by atoms with Crippen LogP contribution in [0.25, 0.3) is 0 Å². The lowest BCUT2D eigenvalue weighted by Crippen LogP contribution is -2.57. The van der Waals surface area contributed by atoms with E-state index in [-0.39, 0.29) is 34.9 Å². The molecule has 1 aromatic carbocycles. The third-order valence-electron chi connectivity index (χ3n) is 4.15. The van der Waals surface area contributed by atoms with Gasteiger partial charge in [-0.1, -0.05) is 0 Å². The number of amides is 1. The van der Waals surface area contributed by atoms with Crippen LogP contribution in [-0.4, -0.2) is 56.5 Å². The zero-order valence-electron chi connectivity index (χ0n) is 14.2. The average Bonchev–Trinajstić information content (AvgIpc) is 2.54. The topological polar surface area (TPSA) is 78.5 Å². The number of nitrogens with zero attached hydrogens (tertiary/aromatic N) is 1. The molecule has 148 valence electrons. The zero-order chi connectivity index (χ0) is 18.8. The van der Waals surface area contributed by atoms with Crippen LogP contribution in [0.4, 0.5) is 13.2 Å². The summed E-state index contributed by atoms with van der Waals surface area (Å²) in [6, 6.07) is 4.63. The first kappa shape index (κ1) is 22.7. The van der Waals surface area contributed by atoms with E-state index >= 15 is 0 Å². The summed E-state index contributed by atoms with van der Waals surface area (Å²) in [6.07, 6.45) is -4.51. The SMILES string of the molecule is CC1NCCN(S(=O)(=O)c2ccc(C(=O)NCC(F)(F)F)cc2)C1C.Cl. The molecule has 2 atom stereocenters. The zero-order valence-corrected chi connectivity index (χ0v) is 15.8. The molecule has 1 aromatic rings. The number of rotatable bonds is 4. The highest BCUT2D eigenvalue weighted by Crippen LogP contribution is 2.22. The van der Waals surface area contributed by atoms with Crippen molar-refractivity contribution >= 4 is 28.3 Å². The van der Waals surface area contributed by atoms with Gasteiger partial charge in [-0.2, -0.15) is 17.5 Å². The molecule has 1 aliphatic rings. The van der Waals surface area contributed by atoms with Gasteiger partial charge in [0.25, 0.3) is 5.91 Å². The molecule has 0 aliphatic carbocycles. The van der Waals surface area contributed by atoms with E-state index in [4.69, 9.17) is 0 Å². The summed E-state index contributed by atoms with van der Waals surface area (Å²) in [7, 11) is -3.74. The van der Waals surface area contributed by atoms with Gasteiger partial charge in [-0.05, 0) is 38.1 Å². The Morgan fingerprint density at radius 1 is 1.27 bits per heavy atom. The number of carbonyl (C=O) groups excluding carboxylic acids is 1. The number of hydrogen-bond acceptors (Lipinski definition) is 4. The molecule has 2 rings (SSSR count). The monoisotopic (exact) mass is 415 g/mol. The van der Waals surface area contributed by atoms with Gasteiger partial charge >= 0.3 is 6.18 Å². The van der Waals surface area contributed by atoms with E-state index in [1.807, 2.05) is 6.92 Å². The quantitative estimate of drug-likeness (QED) is 0.785. The van der Waals surface area contributed by atoms with Crippen LogP contribution in [0.1, 0.15) is 24.2 Å². The van der Waals surface area contributed by atoms with Gasteiger partial charge in [0.1, 0.15) is 6.54 Å². The smallest absolute Gasteiger partial charge is 0.343 e. The van der Waals surface area contributed by atoms with Crippen molar-refractivity contribution in [1.82, 2.24) is 14.9 Å². The maximum absolute atomic E-state index is 12.7. The van der Waals surface area contributed by atoms with Crippen LogP contribution in [-0.2, 0) is 10.0 Å². The van der Waals surface area contributed by atoms with E-state index in [1.54, 1.807) is 12.2 Å². The fourth-order valence-electron chi connectivity index (χ4n) is 2.56. The van der Waals surface area contributed by atoms with E-state index < -0.39 is 28.7 Å². The first-order chi connectivity index (χ1) is 11.5. The predicted octanol–water partition coefficient (Wildman–Crippen LogP) is 1.77. The fourth-order valence-corrected chi connectivity index (χ4v) is 4.26. The lowest BCUT2D eigenvalue weighted by Gasteiger charge is -2.37. The summed E-state index contributed by atoms with van der Waals surface area (Å²) < 4.78 is 63.2. The molecule has 26 heavy (non-hydrogen) atoms. The number of halogens is 4. The molecule has 0 saturated carbocycles. The van der Waals surface area contributed by atoms with Crippen molar-refractivity contribution in [3.05, 3.63) is 29.8 Å².